The van der Waals surface area contributed by atoms with Gasteiger partial charge in [0.1, 0.15) is 0 Å². The lowest BCUT2D eigenvalue weighted by Gasteiger charge is -2.35. The number of benzene rings is 1. The lowest BCUT2D eigenvalue weighted by Crippen LogP contribution is -2.47. The molecule has 0 bridgehead atoms. The molecule has 0 aromatic heterocycles. The standard InChI is InChI=1S/C15H24N2O2/c1-16(2)10-14-11-17(8-9-19-14)12-15(18)13-6-4-3-5-7-13/h3-7,14-15,18H,8-12H2,1-2H3/t14-,15+/m1/s1. The van der Waals surface area contributed by atoms with Gasteiger partial charge in [-0.25, -0.2) is 0 Å². The van der Waals surface area contributed by atoms with E-state index in [4.69, 9.17) is 4.74 Å². The minimum atomic E-state index is -0.417. The summed E-state index contributed by atoms with van der Waals surface area (Å²) >= 11 is 0. The Hall–Kier alpha value is -0.940. The largest absolute Gasteiger partial charge is 0.387 e. The van der Waals surface area contributed by atoms with E-state index >= 15 is 0 Å². The zero-order valence-corrected chi connectivity index (χ0v) is 11.8. The molecule has 106 valence electrons. The Morgan fingerprint density at radius 1 is 1.37 bits per heavy atom. The first kappa shape index (κ1) is 14.5. The quantitative estimate of drug-likeness (QED) is 0.860. The van der Waals surface area contributed by atoms with E-state index in [1.54, 1.807) is 0 Å². The number of hydrogen-bond donors (Lipinski definition) is 1. The van der Waals surface area contributed by atoms with Crippen LogP contribution in [-0.2, 0) is 4.74 Å². The fourth-order valence-electron chi connectivity index (χ4n) is 2.49. The van der Waals surface area contributed by atoms with Crippen LogP contribution in [0.3, 0.4) is 0 Å². The minimum Gasteiger partial charge on any atom is -0.387 e. The van der Waals surface area contributed by atoms with E-state index in [0.717, 1.165) is 31.8 Å². The summed E-state index contributed by atoms with van der Waals surface area (Å²) in [5.41, 5.74) is 0.984. The Balaban J connectivity index is 1.85. The van der Waals surface area contributed by atoms with E-state index in [9.17, 15) is 5.11 Å². The van der Waals surface area contributed by atoms with Gasteiger partial charge in [0.25, 0.3) is 0 Å². The molecule has 4 nitrogen and oxygen atoms in total. The Kier molecular flexibility index (Phi) is 5.34. The predicted molar refractivity (Wildman–Crippen MR) is 76.1 cm³/mol. The van der Waals surface area contributed by atoms with Gasteiger partial charge in [0.15, 0.2) is 0 Å². The lowest BCUT2D eigenvalue weighted by atomic mass is 10.1. The van der Waals surface area contributed by atoms with Gasteiger partial charge in [-0.05, 0) is 19.7 Å². The highest BCUT2D eigenvalue weighted by Gasteiger charge is 2.23. The van der Waals surface area contributed by atoms with Crippen LogP contribution in [0.4, 0.5) is 0 Å². The monoisotopic (exact) mass is 264 g/mol. The normalized spacial score (nSPS) is 22.6. The SMILES string of the molecule is CN(C)C[C@@H]1CN(C[C@H](O)c2ccccc2)CCO1. The smallest absolute Gasteiger partial charge is 0.0916 e. The molecule has 0 radical (unpaired) electrons. The number of likely N-dealkylation sites (N-methyl/N-ethyl adjacent to an activating group) is 1. The van der Waals surface area contributed by atoms with Gasteiger partial charge < -0.3 is 14.7 Å². The third kappa shape index (κ3) is 4.58. The van der Waals surface area contributed by atoms with Crippen LogP contribution in [0.2, 0.25) is 0 Å². The van der Waals surface area contributed by atoms with E-state index < -0.39 is 6.10 Å². The minimum absolute atomic E-state index is 0.242. The number of morpholine rings is 1. The van der Waals surface area contributed by atoms with E-state index in [2.05, 4.69) is 23.9 Å². The Bertz CT molecular complexity index is 370. The Morgan fingerprint density at radius 2 is 2.11 bits per heavy atom. The van der Waals surface area contributed by atoms with E-state index in [1.807, 2.05) is 30.3 Å². The second-order valence-electron chi connectivity index (χ2n) is 5.44. The van der Waals surface area contributed by atoms with Crippen molar-refractivity contribution in [3.8, 4) is 0 Å². The van der Waals surface area contributed by atoms with Gasteiger partial charge in [-0.3, -0.25) is 4.90 Å². The summed E-state index contributed by atoms with van der Waals surface area (Å²) in [4.78, 5) is 4.43. The molecule has 1 saturated heterocycles. The third-order valence-corrected chi connectivity index (χ3v) is 3.41. The molecule has 2 rings (SSSR count). The molecule has 1 heterocycles. The van der Waals surface area contributed by atoms with Crippen LogP contribution in [0, 0.1) is 0 Å². The molecule has 19 heavy (non-hydrogen) atoms. The van der Waals surface area contributed by atoms with Gasteiger partial charge in [-0.15, -0.1) is 0 Å². The summed E-state index contributed by atoms with van der Waals surface area (Å²) in [6.07, 6.45) is -0.175. The van der Waals surface area contributed by atoms with Crippen LogP contribution in [0.1, 0.15) is 11.7 Å². The van der Waals surface area contributed by atoms with Crippen LogP contribution in [0.15, 0.2) is 30.3 Å². The average molecular weight is 264 g/mol. The van der Waals surface area contributed by atoms with Gasteiger partial charge in [0.2, 0.25) is 0 Å². The van der Waals surface area contributed by atoms with Crippen molar-refractivity contribution >= 4 is 0 Å². The number of aliphatic hydroxyl groups is 1. The third-order valence-electron chi connectivity index (χ3n) is 3.41. The van der Waals surface area contributed by atoms with E-state index in [0.29, 0.717) is 6.54 Å². The maximum atomic E-state index is 10.2. The Morgan fingerprint density at radius 3 is 2.79 bits per heavy atom. The number of ether oxygens (including phenoxy) is 1. The molecule has 1 aromatic carbocycles. The van der Waals surface area contributed by atoms with Crippen LogP contribution < -0.4 is 0 Å². The van der Waals surface area contributed by atoms with Gasteiger partial charge in [0.05, 0.1) is 18.8 Å². The molecule has 0 aliphatic carbocycles. The molecule has 4 heteroatoms. The molecule has 1 N–H and O–H groups in total. The number of aliphatic hydroxyl groups excluding tert-OH is 1. The second-order valence-corrected chi connectivity index (χ2v) is 5.44. The van der Waals surface area contributed by atoms with Crippen LogP contribution >= 0.6 is 0 Å². The number of nitrogens with zero attached hydrogens (tertiary/aromatic N) is 2. The first-order chi connectivity index (χ1) is 9.15. The van der Waals surface area contributed by atoms with Crippen LogP contribution in [0.25, 0.3) is 0 Å². The van der Waals surface area contributed by atoms with Crippen molar-refractivity contribution in [3.05, 3.63) is 35.9 Å². The summed E-state index contributed by atoms with van der Waals surface area (Å²) in [6, 6.07) is 9.85. The van der Waals surface area contributed by atoms with Crippen molar-refractivity contribution in [2.75, 3.05) is 46.9 Å². The first-order valence-electron chi connectivity index (χ1n) is 6.87. The molecular weight excluding hydrogens is 240 g/mol. The number of hydrogen-bond acceptors (Lipinski definition) is 4. The van der Waals surface area contributed by atoms with Crippen LogP contribution in [-0.4, -0.2) is 67.9 Å². The van der Waals surface area contributed by atoms with Gasteiger partial charge in [-0.2, -0.15) is 0 Å². The predicted octanol–water partition coefficient (Wildman–Crippen LogP) is 0.982. The van der Waals surface area contributed by atoms with Crippen molar-refractivity contribution in [2.45, 2.75) is 12.2 Å². The number of rotatable bonds is 5. The van der Waals surface area contributed by atoms with Crippen molar-refractivity contribution < 1.29 is 9.84 Å². The fourth-order valence-corrected chi connectivity index (χ4v) is 2.49. The van der Waals surface area contributed by atoms with E-state index in [-0.39, 0.29) is 6.10 Å². The molecule has 1 fully saturated rings. The molecule has 0 amide bonds. The highest BCUT2D eigenvalue weighted by molar-refractivity contribution is 5.17. The highest BCUT2D eigenvalue weighted by atomic mass is 16.5. The molecule has 1 aliphatic rings. The van der Waals surface area contributed by atoms with Crippen molar-refractivity contribution in [1.82, 2.24) is 9.80 Å². The van der Waals surface area contributed by atoms with Crippen molar-refractivity contribution in [2.24, 2.45) is 0 Å². The molecule has 0 unspecified atom stereocenters. The topological polar surface area (TPSA) is 35.9 Å². The molecule has 1 aromatic rings. The van der Waals surface area contributed by atoms with Crippen LogP contribution in [0.5, 0.6) is 0 Å². The van der Waals surface area contributed by atoms with Gasteiger partial charge in [-0.1, -0.05) is 30.3 Å². The zero-order chi connectivity index (χ0) is 13.7. The van der Waals surface area contributed by atoms with Crippen molar-refractivity contribution in [1.29, 1.82) is 0 Å². The van der Waals surface area contributed by atoms with E-state index in [1.165, 1.54) is 0 Å². The zero-order valence-electron chi connectivity index (χ0n) is 11.8. The second kappa shape index (κ2) is 7.01. The summed E-state index contributed by atoms with van der Waals surface area (Å²) in [7, 11) is 4.11. The summed E-state index contributed by atoms with van der Waals surface area (Å²) in [6.45, 7) is 4.14. The van der Waals surface area contributed by atoms with Gasteiger partial charge >= 0.3 is 0 Å². The molecule has 0 saturated carbocycles. The molecule has 2 atom stereocenters. The molecule has 0 spiro atoms. The average Bonchev–Trinajstić information content (AvgIpc) is 2.39. The number of β-amino-alcohol motifs (C(OH)–C–C–N with tert-alkyl or cyclic N) is 1. The van der Waals surface area contributed by atoms with Crippen molar-refractivity contribution in [3.63, 3.8) is 0 Å². The summed E-state index contributed by atoms with van der Waals surface area (Å²) in [5.74, 6) is 0. The fraction of sp³-hybridized carbons (Fsp3) is 0.600. The first-order valence-corrected chi connectivity index (χ1v) is 6.87. The summed E-state index contributed by atoms with van der Waals surface area (Å²) < 4.78 is 5.74. The highest BCUT2D eigenvalue weighted by Crippen LogP contribution is 2.15. The lowest BCUT2D eigenvalue weighted by molar-refractivity contribution is -0.0489. The maximum Gasteiger partial charge on any atom is 0.0916 e. The Labute approximate surface area is 115 Å². The molecular formula is C15H24N2O2. The molecule has 1 aliphatic heterocycles. The van der Waals surface area contributed by atoms with Gasteiger partial charge in [0, 0.05) is 26.2 Å². The summed E-state index contributed by atoms with van der Waals surface area (Å²) in [5, 5.41) is 10.2. The maximum absolute atomic E-state index is 10.2.